The Labute approximate surface area is 201 Å². The Kier molecular flexibility index (Phi) is 5.15. The van der Waals surface area contributed by atoms with Crippen molar-refractivity contribution in [1.29, 1.82) is 0 Å². The lowest BCUT2D eigenvalue weighted by Gasteiger charge is -2.16. The van der Waals surface area contributed by atoms with Crippen LogP contribution in [0, 0.1) is 0 Å². The molecule has 0 aliphatic heterocycles. The number of rotatable bonds is 5. The van der Waals surface area contributed by atoms with Gasteiger partial charge in [-0.1, -0.05) is 30.3 Å². The summed E-state index contributed by atoms with van der Waals surface area (Å²) in [7, 11) is 3.87. The minimum atomic E-state index is -0.274. The molecule has 4 heterocycles. The first kappa shape index (κ1) is 21.0. The van der Waals surface area contributed by atoms with Gasteiger partial charge in [-0.2, -0.15) is 5.10 Å². The van der Waals surface area contributed by atoms with E-state index in [4.69, 9.17) is 15.1 Å². The lowest BCUT2D eigenvalue weighted by molar-refractivity contribution is 0.182. The van der Waals surface area contributed by atoms with Gasteiger partial charge in [0.1, 0.15) is 16.3 Å². The molecule has 1 aromatic carbocycles. The molecule has 0 spiro atoms. The highest BCUT2D eigenvalue weighted by Gasteiger charge is 2.27. The Balaban J connectivity index is 1.63. The summed E-state index contributed by atoms with van der Waals surface area (Å²) >= 11 is 1.62. The number of anilines is 1. The van der Waals surface area contributed by atoms with Gasteiger partial charge >= 0.3 is 0 Å². The van der Waals surface area contributed by atoms with E-state index in [1.807, 2.05) is 60.0 Å². The average Bonchev–Trinajstić information content (AvgIpc) is 3.61. The minimum absolute atomic E-state index is 0.157. The average molecular weight is 472 g/mol. The summed E-state index contributed by atoms with van der Waals surface area (Å²) in [5.41, 5.74) is 3.08. The van der Waals surface area contributed by atoms with Gasteiger partial charge in [0, 0.05) is 44.3 Å². The third-order valence-electron chi connectivity index (χ3n) is 6.33. The van der Waals surface area contributed by atoms with Gasteiger partial charge in [-0.05, 0) is 30.9 Å². The third kappa shape index (κ3) is 3.66. The molecule has 172 valence electrons. The number of hydrogen-bond donors (Lipinski definition) is 2. The maximum atomic E-state index is 10.1. The maximum Gasteiger partial charge on any atom is 0.199 e. The molecule has 8 nitrogen and oxygen atoms in total. The molecular formula is C25H25N7OS. The zero-order valence-corrected chi connectivity index (χ0v) is 19.8. The van der Waals surface area contributed by atoms with Gasteiger partial charge < -0.3 is 15.0 Å². The Hall–Kier alpha value is -3.56. The third-order valence-corrected chi connectivity index (χ3v) is 7.43. The Morgan fingerprint density at radius 1 is 1.06 bits per heavy atom. The fraction of sp³-hybridized carbons (Fsp3) is 0.280. The smallest absolute Gasteiger partial charge is 0.199 e. The Bertz CT molecular complexity index is 1470. The highest BCUT2D eigenvalue weighted by atomic mass is 32.1. The summed E-state index contributed by atoms with van der Waals surface area (Å²) in [5.74, 6) is 2.07. The summed E-state index contributed by atoms with van der Waals surface area (Å²) in [6.45, 7) is 0. The van der Waals surface area contributed by atoms with Crippen molar-refractivity contribution in [1.82, 2.24) is 29.3 Å². The van der Waals surface area contributed by atoms with Crippen molar-refractivity contribution in [3.8, 4) is 33.3 Å². The van der Waals surface area contributed by atoms with Gasteiger partial charge in [-0.15, -0.1) is 11.3 Å². The second kappa shape index (κ2) is 8.34. The first-order valence-electron chi connectivity index (χ1n) is 11.4. The molecule has 2 N–H and O–H groups in total. The Morgan fingerprint density at radius 3 is 2.59 bits per heavy atom. The molecule has 1 aliphatic carbocycles. The first-order valence-corrected chi connectivity index (χ1v) is 12.2. The number of aliphatic hydroxyl groups is 1. The highest BCUT2D eigenvalue weighted by molar-refractivity contribution is 7.22. The minimum Gasteiger partial charge on any atom is -0.393 e. The van der Waals surface area contributed by atoms with E-state index < -0.39 is 0 Å². The summed E-state index contributed by atoms with van der Waals surface area (Å²) in [6.07, 6.45) is 7.75. The molecule has 0 amide bonds. The topological polar surface area (TPSA) is 93.7 Å². The van der Waals surface area contributed by atoms with Crippen molar-refractivity contribution in [2.24, 2.45) is 14.1 Å². The quantitative estimate of drug-likeness (QED) is 0.392. The summed E-state index contributed by atoms with van der Waals surface area (Å²) in [4.78, 5) is 16.4. The highest BCUT2D eigenvalue weighted by Crippen LogP contribution is 2.46. The number of imidazole rings is 1. The predicted molar refractivity (Wildman–Crippen MR) is 135 cm³/mol. The number of nitrogens with one attached hydrogen (secondary N) is 1. The first-order chi connectivity index (χ1) is 16.6. The molecule has 6 rings (SSSR count). The molecule has 0 radical (unpaired) electrons. The molecule has 0 unspecified atom stereocenters. The molecule has 5 aromatic rings. The summed E-state index contributed by atoms with van der Waals surface area (Å²) in [6, 6.07) is 12.5. The van der Waals surface area contributed by atoms with Gasteiger partial charge in [-0.3, -0.25) is 4.68 Å². The normalized spacial score (nSPS) is 18.1. The Morgan fingerprint density at radius 2 is 1.91 bits per heavy atom. The van der Waals surface area contributed by atoms with Gasteiger partial charge in [0.15, 0.2) is 11.6 Å². The van der Waals surface area contributed by atoms with Gasteiger partial charge in [0.25, 0.3) is 0 Å². The SMILES string of the molecule is Cn1ccc(-c2sc3nc(-c4nccn4C)nc(N[C@@H]4CC[C@H](O)C4)c3c2-c2ccccc2)n1. The fourth-order valence-corrected chi connectivity index (χ4v) is 5.83. The van der Waals surface area contributed by atoms with Crippen molar-refractivity contribution < 1.29 is 5.11 Å². The van der Waals surface area contributed by atoms with E-state index in [-0.39, 0.29) is 12.1 Å². The maximum absolute atomic E-state index is 10.1. The van der Waals surface area contributed by atoms with Crippen LogP contribution in [0.2, 0.25) is 0 Å². The van der Waals surface area contributed by atoms with E-state index in [1.165, 1.54) is 0 Å². The van der Waals surface area contributed by atoms with E-state index >= 15 is 0 Å². The number of aliphatic hydroxyl groups excluding tert-OH is 1. The molecule has 4 aromatic heterocycles. The zero-order chi connectivity index (χ0) is 23.2. The number of fused-ring (bicyclic) bond motifs is 1. The van der Waals surface area contributed by atoms with Gasteiger partial charge in [0.05, 0.1) is 16.4 Å². The lowest BCUT2D eigenvalue weighted by atomic mass is 10.0. The van der Waals surface area contributed by atoms with E-state index in [0.29, 0.717) is 18.1 Å². The molecule has 0 bridgehead atoms. The number of benzene rings is 1. The van der Waals surface area contributed by atoms with Crippen LogP contribution in [-0.2, 0) is 14.1 Å². The predicted octanol–water partition coefficient (Wildman–Crippen LogP) is 4.48. The van der Waals surface area contributed by atoms with Crippen LogP contribution in [-0.4, -0.2) is 46.6 Å². The zero-order valence-electron chi connectivity index (χ0n) is 19.0. The second-order valence-electron chi connectivity index (χ2n) is 8.79. The molecule has 2 atom stereocenters. The molecular weight excluding hydrogens is 446 g/mol. The van der Waals surface area contributed by atoms with Crippen molar-refractivity contribution in [3.63, 3.8) is 0 Å². The fourth-order valence-electron chi connectivity index (χ4n) is 4.67. The summed E-state index contributed by atoms with van der Waals surface area (Å²) < 4.78 is 3.74. The molecule has 1 saturated carbocycles. The van der Waals surface area contributed by atoms with Gasteiger partial charge in [0.2, 0.25) is 0 Å². The van der Waals surface area contributed by atoms with Crippen molar-refractivity contribution >= 4 is 27.4 Å². The molecule has 34 heavy (non-hydrogen) atoms. The van der Waals surface area contributed by atoms with Crippen LogP contribution in [0.1, 0.15) is 19.3 Å². The van der Waals surface area contributed by atoms with E-state index in [2.05, 4.69) is 22.4 Å². The van der Waals surface area contributed by atoms with Crippen molar-refractivity contribution in [2.45, 2.75) is 31.4 Å². The largest absolute Gasteiger partial charge is 0.393 e. The van der Waals surface area contributed by atoms with E-state index in [9.17, 15) is 5.11 Å². The van der Waals surface area contributed by atoms with Crippen molar-refractivity contribution in [3.05, 3.63) is 55.0 Å². The van der Waals surface area contributed by atoms with Gasteiger partial charge in [-0.25, -0.2) is 15.0 Å². The monoisotopic (exact) mass is 471 g/mol. The standard InChI is InChI=1S/C25H25N7OS/c1-31-13-11-26-24(31)23-28-22(27-16-8-9-17(33)14-16)20-19(15-6-4-3-5-7-15)21(34-25(20)29-23)18-10-12-32(2)30-18/h3-7,10-13,16-17,33H,8-9,14H2,1-2H3,(H,27,28,29)/t16-,17+/m1/s1. The van der Waals surface area contributed by atoms with Crippen LogP contribution in [0.15, 0.2) is 55.0 Å². The van der Waals surface area contributed by atoms with Crippen LogP contribution < -0.4 is 5.32 Å². The van der Waals surface area contributed by atoms with Crippen LogP contribution >= 0.6 is 11.3 Å². The van der Waals surface area contributed by atoms with E-state index in [0.717, 1.165) is 50.6 Å². The number of nitrogens with zero attached hydrogens (tertiary/aromatic N) is 6. The lowest BCUT2D eigenvalue weighted by Crippen LogP contribution is -2.18. The molecule has 1 fully saturated rings. The molecule has 1 aliphatic rings. The number of hydrogen-bond acceptors (Lipinski definition) is 7. The molecule has 0 saturated heterocycles. The number of thiophene rings is 1. The second-order valence-corrected chi connectivity index (χ2v) is 9.79. The number of aromatic nitrogens is 6. The summed E-state index contributed by atoms with van der Waals surface area (Å²) in [5, 5.41) is 19.5. The van der Waals surface area contributed by atoms with Crippen LogP contribution in [0.3, 0.4) is 0 Å². The van der Waals surface area contributed by atoms with Crippen LogP contribution in [0.4, 0.5) is 5.82 Å². The molecule has 9 heteroatoms. The van der Waals surface area contributed by atoms with E-state index in [1.54, 1.807) is 17.5 Å². The van der Waals surface area contributed by atoms with Crippen molar-refractivity contribution in [2.75, 3.05) is 5.32 Å². The van der Waals surface area contributed by atoms with Crippen LogP contribution in [0.5, 0.6) is 0 Å². The van der Waals surface area contributed by atoms with Crippen LogP contribution in [0.25, 0.3) is 43.6 Å². The number of aryl methyl sites for hydroxylation is 2.